The first-order valence-corrected chi connectivity index (χ1v) is 11.6. The molecule has 0 saturated heterocycles. The normalized spacial score (nSPS) is 11.2. The van der Waals surface area contributed by atoms with Crippen LogP contribution >= 0.6 is 0 Å². The van der Waals surface area contributed by atoms with Crippen molar-refractivity contribution in [1.29, 1.82) is 0 Å². The molecular formula is C26H20F2O4S. The van der Waals surface area contributed by atoms with Crippen molar-refractivity contribution in [2.45, 2.75) is 23.0 Å². The summed E-state index contributed by atoms with van der Waals surface area (Å²) in [5, 5.41) is 0. The van der Waals surface area contributed by atoms with Crippen LogP contribution in [0.1, 0.15) is 11.1 Å². The van der Waals surface area contributed by atoms with Crippen LogP contribution in [0.2, 0.25) is 0 Å². The maximum absolute atomic E-state index is 13.3. The van der Waals surface area contributed by atoms with Gasteiger partial charge < -0.3 is 9.47 Å². The van der Waals surface area contributed by atoms with E-state index in [1.165, 1.54) is 42.5 Å². The van der Waals surface area contributed by atoms with E-state index in [0.29, 0.717) is 11.1 Å². The molecule has 0 atom stereocenters. The fourth-order valence-electron chi connectivity index (χ4n) is 3.17. The summed E-state index contributed by atoms with van der Waals surface area (Å²) in [5.41, 5.74) is 1.37. The van der Waals surface area contributed by atoms with Gasteiger partial charge in [0.15, 0.2) is 11.5 Å². The van der Waals surface area contributed by atoms with E-state index in [9.17, 15) is 17.2 Å². The summed E-state index contributed by atoms with van der Waals surface area (Å²) in [6, 6.07) is 24.2. The Balaban J connectivity index is 1.69. The maximum Gasteiger partial charge on any atom is 0.210 e. The summed E-state index contributed by atoms with van der Waals surface area (Å²) in [4.78, 5) is 0.0692. The molecule has 0 heterocycles. The first-order chi connectivity index (χ1) is 15.9. The molecular weight excluding hydrogens is 446 g/mol. The second kappa shape index (κ2) is 9.83. The van der Waals surface area contributed by atoms with Crippen molar-refractivity contribution in [2.75, 3.05) is 0 Å². The zero-order valence-electron chi connectivity index (χ0n) is 17.4. The summed E-state index contributed by atoms with van der Waals surface area (Å²) in [6.07, 6.45) is 0. The monoisotopic (exact) mass is 466 g/mol. The summed E-state index contributed by atoms with van der Waals surface area (Å²) in [6.45, 7) is 0.0938. The van der Waals surface area contributed by atoms with Crippen LogP contribution < -0.4 is 9.47 Å². The SMILES string of the molecule is O=S(=O)(c1ccccc1)c1cccc(OCc2ccc(F)cc2)c1OCc1ccc(F)cc1. The molecule has 0 aliphatic carbocycles. The van der Waals surface area contributed by atoms with Gasteiger partial charge in [0, 0.05) is 0 Å². The Morgan fingerprint density at radius 1 is 0.606 bits per heavy atom. The maximum atomic E-state index is 13.3. The average molecular weight is 467 g/mol. The molecule has 4 nitrogen and oxygen atoms in total. The highest BCUT2D eigenvalue weighted by Gasteiger charge is 2.25. The van der Waals surface area contributed by atoms with Crippen LogP contribution in [0.15, 0.2) is 107 Å². The fourth-order valence-corrected chi connectivity index (χ4v) is 4.60. The number of hydrogen-bond acceptors (Lipinski definition) is 4. The van der Waals surface area contributed by atoms with Crippen LogP contribution in [0.3, 0.4) is 0 Å². The molecule has 168 valence electrons. The zero-order chi connectivity index (χ0) is 23.3. The Labute approximate surface area is 191 Å². The summed E-state index contributed by atoms with van der Waals surface area (Å²) in [7, 11) is -3.91. The molecule has 33 heavy (non-hydrogen) atoms. The van der Waals surface area contributed by atoms with Gasteiger partial charge in [-0.25, -0.2) is 17.2 Å². The van der Waals surface area contributed by atoms with E-state index in [4.69, 9.17) is 9.47 Å². The molecule has 0 amide bonds. The lowest BCUT2D eigenvalue weighted by Crippen LogP contribution is -2.08. The topological polar surface area (TPSA) is 52.6 Å². The first-order valence-electron chi connectivity index (χ1n) is 10.1. The second-order valence-electron chi connectivity index (χ2n) is 7.23. The van der Waals surface area contributed by atoms with Crippen molar-refractivity contribution in [3.8, 4) is 11.5 Å². The number of benzene rings is 4. The van der Waals surface area contributed by atoms with Crippen molar-refractivity contribution < 1.29 is 26.7 Å². The number of para-hydroxylation sites is 1. The van der Waals surface area contributed by atoms with Gasteiger partial charge in [-0.15, -0.1) is 0 Å². The van der Waals surface area contributed by atoms with Crippen LogP contribution in [0.25, 0.3) is 0 Å². The van der Waals surface area contributed by atoms with Gasteiger partial charge in [0.25, 0.3) is 0 Å². The molecule has 0 aromatic heterocycles. The number of rotatable bonds is 8. The highest BCUT2D eigenvalue weighted by Crippen LogP contribution is 2.38. The predicted octanol–water partition coefficient (Wildman–Crippen LogP) is 5.96. The van der Waals surface area contributed by atoms with E-state index < -0.39 is 9.84 Å². The molecule has 4 rings (SSSR count). The molecule has 0 spiro atoms. The van der Waals surface area contributed by atoms with Crippen LogP contribution in [-0.2, 0) is 23.1 Å². The third-order valence-electron chi connectivity index (χ3n) is 4.89. The van der Waals surface area contributed by atoms with Gasteiger partial charge in [-0.1, -0.05) is 48.5 Å². The van der Waals surface area contributed by atoms with Gasteiger partial charge in [0.2, 0.25) is 9.84 Å². The standard InChI is InChI=1S/C26H20F2O4S/c27-21-13-9-19(10-14-21)17-31-24-7-4-8-25(33(29,30)23-5-2-1-3-6-23)26(24)32-18-20-11-15-22(28)16-12-20/h1-16H,17-18H2. The predicted molar refractivity (Wildman–Crippen MR) is 120 cm³/mol. The summed E-state index contributed by atoms with van der Waals surface area (Å²) >= 11 is 0. The third-order valence-corrected chi connectivity index (χ3v) is 6.68. The van der Waals surface area contributed by atoms with Gasteiger partial charge >= 0.3 is 0 Å². The van der Waals surface area contributed by atoms with E-state index in [2.05, 4.69) is 0 Å². The smallest absolute Gasteiger partial charge is 0.210 e. The lowest BCUT2D eigenvalue weighted by atomic mass is 10.2. The molecule has 0 aliphatic heterocycles. The van der Waals surface area contributed by atoms with Gasteiger partial charge in [0.05, 0.1) is 4.90 Å². The average Bonchev–Trinajstić information content (AvgIpc) is 2.84. The highest BCUT2D eigenvalue weighted by atomic mass is 32.2. The molecule has 4 aromatic rings. The van der Waals surface area contributed by atoms with Crippen LogP contribution in [0.4, 0.5) is 8.78 Å². The van der Waals surface area contributed by atoms with Crippen LogP contribution in [0, 0.1) is 11.6 Å². The van der Waals surface area contributed by atoms with E-state index in [1.807, 2.05) is 0 Å². The largest absolute Gasteiger partial charge is 0.485 e. The molecule has 0 bridgehead atoms. The summed E-state index contributed by atoms with van der Waals surface area (Å²) in [5.74, 6) is -0.474. The van der Waals surface area contributed by atoms with E-state index >= 15 is 0 Å². The quantitative estimate of drug-likeness (QED) is 0.322. The van der Waals surface area contributed by atoms with Crippen molar-refractivity contribution in [1.82, 2.24) is 0 Å². The van der Waals surface area contributed by atoms with E-state index in [0.717, 1.165) is 0 Å². The van der Waals surface area contributed by atoms with Gasteiger partial charge in [0.1, 0.15) is 29.7 Å². The molecule has 0 radical (unpaired) electrons. The van der Waals surface area contributed by atoms with Crippen molar-refractivity contribution >= 4 is 9.84 Å². The minimum atomic E-state index is -3.91. The highest BCUT2D eigenvalue weighted by molar-refractivity contribution is 7.91. The Morgan fingerprint density at radius 3 is 1.73 bits per heavy atom. The zero-order valence-corrected chi connectivity index (χ0v) is 18.3. The Morgan fingerprint density at radius 2 is 1.15 bits per heavy atom. The van der Waals surface area contributed by atoms with E-state index in [1.54, 1.807) is 54.6 Å². The first kappa shape index (κ1) is 22.5. The Hall–Kier alpha value is -3.71. The lowest BCUT2D eigenvalue weighted by molar-refractivity contribution is 0.250. The Bertz CT molecular complexity index is 1320. The molecule has 0 unspecified atom stereocenters. The van der Waals surface area contributed by atoms with Gasteiger partial charge in [-0.3, -0.25) is 0 Å². The lowest BCUT2D eigenvalue weighted by Gasteiger charge is -2.17. The van der Waals surface area contributed by atoms with Crippen molar-refractivity contribution in [2.24, 2.45) is 0 Å². The Kier molecular flexibility index (Phi) is 6.70. The third kappa shape index (κ3) is 5.38. The molecule has 4 aromatic carbocycles. The van der Waals surface area contributed by atoms with Crippen LogP contribution in [0.5, 0.6) is 11.5 Å². The van der Waals surface area contributed by atoms with Crippen molar-refractivity contribution in [3.63, 3.8) is 0 Å². The van der Waals surface area contributed by atoms with Crippen molar-refractivity contribution in [3.05, 3.63) is 120 Å². The minimum absolute atomic E-state index is 0.00844. The fraction of sp³-hybridized carbons (Fsp3) is 0.0769. The molecule has 7 heteroatoms. The summed E-state index contributed by atoms with van der Waals surface area (Å²) < 4.78 is 64.9. The number of hydrogen-bond donors (Lipinski definition) is 0. The van der Waals surface area contributed by atoms with Gasteiger partial charge in [-0.05, 0) is 59.7 Å². The number of halogens is 2. The van der Waals surface area contributed by atoms with E-state index in [-0.39, 0.29) is 46.1 Å². The van der Waals surface area contributed by atoms with Crippen LogP contribution in [-0.4, -0.2) is 8.42 Å². The molecule has 0 saturated carbocycles. The number of sulfone groups is 1. The second-order valence-corrected chi connectivity index (χ2v) is 9.15. The minimum Gasteiger partial charge on any atom is -0.485 e. The number of ether oxygens (including phenoxy) is 2. The molecule has 0 aliphatic rings. The van der Waals surface area contributed by atoms with Gasteiger partial charge in [-0.2, -0.15) is 0 Å². The molecule has 0 N–H and O–H groups in total. The molecule has 0 fully saturated rings.